The van der Waals surface area contributed by atoms with Crippen LogP contribution >= 0.6 is 0 Å². The van der Waals surface area contributed by atoms with Crippen LogP contribution < -0.4 is 19.5 Å². The van der Waals surface area contributed by atoms with E-state index in [1.807, 2.05) is 0 Å². The monoisotopic (exact) mass is 486 g/mol. The normalized spacial score (nSPS) is 12.1. The zero-order valence-corrected chi connectivity index (χ0v) is 18.4. The minimum atomic E-state index is -4.04. The highest BCUT2D eigenvalue weighted by Gasteiger charge is 2.18. The topological polar surface area (TPSA) is 120 Å². The molecule has 1 aliphatic rings. The fraction of sp³-hybridized carbons (Fsp3) is 0.130. The summed E-state index contributed by atoms with van der Waals surface area (Å²) < 4.78 is 56.0. The third kappa shape index (κ3) is 5.62. The number of benzene rings is 3. The minimum Gasteiger partial charge on any atom is -0.454 e. The number of amides is 1. The molecule has 0 atom stereocenters. The molecule has 11 heteroatoms. The molecule has 0 saturated heterocycles. The van der Waals surface area contributed by atoms with Crippen LogP contribution in [-0.4, -0.2) is 33.7 Å². The number of anilines is 1. The molecular formula is C23H19FN2O7S. The van der Waals surface area contributed by atoms with Gasteiger partial charge in [-0.3, -0.25) is 9.52 Å². The molecule has 0 spiro atoms. The predicted molar refractivity (Wildman–Crippen MR) is 118 cm³/mol. The number of hydrogen-bond acceptors (Lipinski definition) is 7. The van der Waals surface area contributed by atoms with Crippen LogP contribution in [0.25, 0.3) is 0 Å². The van der Waals surface area contributed by atoms with Gasteiger partial charge in [-0.1, -0.05) is 12.1 Å². The lowest BCUT2D eigenvalue weighted by Crippen LogP contribution is -2.28. The van der Waals surface area contributed by atoms with E-state index in [2.05, 4.69) is 10.0 Å². The fourth-order valence-corrected chi connectivity index (χ4v) is 4.14. The molecule has 9 nitrogen and oxygen atoms in total. The van der Waals surface area contributed by atoms with Crippen LogP contribution in [0.5, 0.6) is 11.5 Å². The van der Waals surface area contributed by atoms with Gasteiger partial charge in [0, 0.05) is 12.2 Å². The summed E-state index contributed by atoms with van der Waals surface area (Å²) in [6.45, 7) is -0.212. The average molecular weight is 486 g/mol. The second-order valence-electron chi connectivity index (χ2n) is 7.18. The Labute approximate surface area is 194 Å². The third-order valence-corrected chi connectivity index (χ3v) is 6.12. The minimum absolute atomic E-state index is 0.0504. The van der Waals surface area contributed by atoms with Crippen LogP contribution in [0.15, 0.2) is 71.6 Å². The van der Waals surface area contributed by atoms with E-state index in [1.54, 1.807) is 18.2 Å². The van der Waals surface area contributed by atoms with Gasteiger partial charge >= 0.3 is 5.97 Å². The Morgan fingerprint density at radius 3 is 2.53 bits per heavy atom. The number of fused-ring (bicyclic) bond motifs is 1. The van der Waals surface area contributed by atoms with E-state index in [-0.39, 0.29) is 29.5 Å². The smallest absolute Gasteiger partial charge is 0.338 e. The molecule has 176 valence electrons. The van der Waals surface area contributed by atoms with Gasteiger partial charge in [0.05, 0.1) is 10.5 Å². The molecule has 0 unspecified atom stereocenters. The Morgan fingerprint density at radius 1 is 0.971 bits per heavy atom. The molecule has 0 bridgehead atoms. The molecule has 1 heterocycles. The van der Waals surface area contributed by atoms with Crippen molar-refractivity contribution in [3.8, 4) is 11.5 Å². The molecule has 4 rings (SSSR count). The highest BCUT2D eigenvalue weighted by molar-refractivity contribution is 7.92. The van der Waals surface area contributed by atoms with Crippen LogP contribution in [0.3, 0.4) is 0 Å². The highest BCUT2D eigenvalue weighted by atomic mass is 32.2. The van der Waals surface area contributed by atoms with Gasteiger partial charge in [-0.25, -0.2) is 17.6 Å². The van der Waals surface area contributed by atoms with Crippen molar-refractivity contribution in [1.82, 2.24) is 5.32 Å². The Bertz CT molecular complexity index is 1330. The fourth-order valence-electron chi connectivity index (χ4n) is 3.04. The summed E-state index contributed by atoms with van der Waals surface area (Å²) in [6, 6.07) is 15.2. The zero-order valence-electron chi connectivity index (χ0n) is 17.6. The van der Waals surface area contributed by atoms with Crippen molar-refractivity contribution in [1.29, 1.82) is 0 Å². The molecule has 3 aromatic carbocycles. The number of sulfonamides is 1. The maximum absolute atomic E-state index is 13.0. The van der Waals surface area contributed by atoms with Crippen LogP contribution in [0.1, 0.15) is 15.9 Å². The molecule has 0 saturated carbocycles. The lowest BCUT2D eigenvalue weighted by molar-refractivity contribution is -0.124. The summed E-state index contributed by atoms with van der Waals surface area (Å²) in [4.78, 5) is 24.2. The van der Waals surface area contributed by atoms with Gasteiger partial charge in [0.25, 0.3) is 15.9 Å². The number of carbonyl (C=O) groups excluding carboxylic acids is 2. The molecule has 34 heavy (non-hydrogen) atoms. The zero-order chi connectivity index (χ0) is 24.1. The van der Waals surface area contributed by atoms with Gasteiger partial charge in [0.1, 0.15) is 5.82 Å². The van der Waals surface area contributed by atoms with Crippen molar-refractivity contribution < 1.29 is 36.6 Å². The quantitative estimate of drug-likeness (QED) is 0.470. The first kappa shape index (κ1) is 23.1. The third-order valence-electron chi connectivity index (χ3n) is 4.74. The van der Waals surface area contributed by atoms with Crippen molar-refractivity contribution in [2.75, 3.05) is 18.1 Å². The SMILES string of the molecule is O=C(COC(=O)c1cccc(S(=O)(=O)Nc2ccc(F)cc2)c1)NCc1ccc2c(c1)OCO2. The van der Waals surface area contributed by atoms with Gasteiger partial charge in [0.2, 0.25) is 6.79 Å². The van der Waals surface area contributed by atoms with Gasteiger partial charge < -0.3 is 19.5 Å². The molecule has 1 aliphatic heterocycles. The largest absolute Gasteiger partial charge is 0.454 e. The lowest BCUT2D eigenvalue weighted by Gasteiger charge is -2.10. The van der Waals surface area contributed by atoms with Crippen LogP contribution in [-0.2, 0) is 26.1 Å². The van der Waals surface area contributed by atoms with Gasteiger partial charge in [-0.2, -0.15) is 0 Å². The highest BCUT2D eigenvalue weighted by Crippen LogP contribution is 2.32. The Kier molecular flexibility index (Phi) is 6.64. The molecule has 3 aromatic rings. The number of hydrogen-bond donors (Lipinski definition) is 2. The van der Waals surface area contributed by atoms with Crippen molar-refractivity contribution >= 4 is 27.6 Å². The second kappa shape index (κ2) is 9.79. The summed E-state index contributed by atoms with van der Waals surface area (Å²) in [5, 5.41) is 2.62. The maximum atomic E-state index is 13.0. The van der Waals surface area contributed by atoms with Gasteiger partial charge in [0.15, 0.2) is 18.1 Å². The molecule has 1 amide bonds. The van der Waals surface area contributed by atoms with E-state index in [0.717, 1.165) is 23.8 Å². The molecule has 0 fully saturated rings. The number of nitrogens with one attached hydrogen (secondary N) is 2. The van der Waals surface area contributed by atoms with Crippen molar-refractivity contribution in [2.45, 2.75) is 11.4 Å². The number of esters is 1. The van der Waals surface area contributed by atoms with Gasteiger partial charge in [-0.05, 0) is 60.2 Å². The average Bonchev–Trinajstić information content (AvgIpc) is 3.30. The number of halogens is 1. The summed E-state index contributed by atoms with van der Waals surface area (Å²) in [7, 11) is -4.04. The van der Waals surface area contributed by atoms with Crippen LogP contribution in [0, 0.1) is 5.82 Å². The first-order valence-electron chi connectivity index (χ1n) is 10.0. The van der Waals surface area contributed by atoms with E-state index in [4.69, 9.17) is 14.2 Å². The lowest BCUT2D eigenvalue weighted by atomic mass is 10.2. The number of ether oxygens (including phenoxy) is 3. The van der Waals surface area contributed by atoms with E-state index in [1.165, 1.54) is 30.3 Å². The summed E-state index contributed by atoms with van der Waals surface area (Å²) >= 11 is 0. The Morgan fingerprint density at radius 2 is 1.74 bits per heavy atom. The van der Waals surface area contributed by atoms with Crippen molar-refractivity contribution in [3.63, 3.8) is 0 Å². The number of carbonyl (C=O) groups is 2. The van der Waals surface area contributed by atoms with E-state index in [9.17, 15) is 22.4 Å². The Balaban J connectivity index is 1.32. The second-order valence-corrected chi connectivity index (χ2v) is 8.86. The Hall–Kier alpha value is -4.12. The molecule has 2 N–H and O–H groups in total. The standard InChI is InChI=1S/C23H19FN2O7S/c24-17-5-7-18(8-6-17)26-34(29,30)19-3-1-2-16(11-19)23(28)31-13-22(27)25-12-15-4-9-20-21(10-15)33-14-32-20/h1-11,26H,12-14H2,(H,25,27). The first-order chi connectivity index (χ1) is 16.3. The van der Waals surface area contributed by atoms with Gasteiger partial charge in [-0.15, -0.1) is 0 Å². The van der Waals surface area contributed by atoms with Crippen LogP contribution in [0.2, 0.25) is 0 Å². The molecule has 0 radical (unpaired) electrons. The summed E-state index contributed by atoms with van der Waals surface area (Å²) in [6.07, 6.45) is 0. The number of rotatable bonds is 8. The van der Waals surface area contributed by atoms with Crippen molar-refractivity contribution in [3.05, 3.63) is 83.7 Å². The van der Waals surface area contributed by atoms with E-state index in [0.29, 0.717) is 11.5 Å². The predicted octanol–water partition coefficient (Wildman–Crippen LogP) is 2.83. The van der Waals surface area contributed by atoms with E-state index < -0.39 is 34.3 Å². The molecule has 0 aromatic heterocycles. The van der Waals surface area contributed by atoms with Crippen molar-refractivity contribution in [2.24, 2.45) is 0 Å². The summed E-state index contributed by atoms with van der Waals surface area (Å²) in [5.41, 5.74) is 0.884. The van der Waals surface area contributed by atoms with Crippen LogP contribution in [0.4, 0.5) is 10.1 Å². The summed E-state index contributed by atoms with van der Waals surface area (Å²) in [5.74, 6) is -0.694. The van der Waals surface area contributed by atoms with E-state index >= 15 is 0 Å². The molecular weight excluding hydrogens is 467 g/mol. The first-order valence-corrected chi connectivity index (χ1v) is 11.5. The molecule has 0 aliphatic carbocycles. The maximum Gasteiger partial charge on any atom is 0.338 e.